The monoisotopic (exact) mass is 390 g/mol. The van der Waals surface area contributed by atoms with E-state index in [2.05, 4.69) is 15.9 Å². The topological polar surface area (TPSA) is 118 Å². The number of sulfonamides is 1. The zero-order valence-corrected chi connectivity index (χ0v) is 14.1. The van der Waals surface area contributed by atoms with E-state index in [0.29, 0.717) is 17.4 Å². The molecule has 1 aromatic rings. The van der Waals surface area contributed by atoms with E-state index in [1.54, 1.807) is 6.92 Å². The molecule has 0 radical (unpaired) electrons. The van der Waals surface area contributed by atoms with Crippen molar-refractivity contribution in [3.63, 3.8) is 0 Å². The molecule has 0 aromatic heterocycles. The van der Waals surface area contributed by atoms with Gasteiger partial charge in [0.2, 0.25) is 10.0 Å². The van der Waals surface area contributed by atoms with E-state index in [9.17, 15) is 23.1 Å². The van der Waals surface area contributed by atoms with Gasteiger partial charge in [0.1, 0.15) is 0 Å². The van der Waals surface area contributed by atoms with Gasteiger partial charge in [0.05, 0.1) is 15.9 Å². The van der Waals surface area contributed by atoms with Gasteiger partial charge in [-0.25, -0.2) is 13.6 Å². The number of halogens is 1. The summed E-state index contributed by atoms with van der Waals surface area (Å²) in [5.74, 6) is -1.39. The lowest BCUT2D eigenvalue weighted by Crippen LogP contribution is -2.35. The first-order chi connectivity index (χ1) is 10.0. The molecule has 0 bridgehead atoms. The van der Waals surface area contributed by atoms with Crippen LogP contribution in [0.2, 0.25) is 0 Å². The second-order valence-corrected chi connectivity index (χ2v) is 7.94. The Labute approximate surface area is 136 Å². The first-order valence-corrected chi connectivity index (χ1v) is 8.73. The number of primary sulfonamides is 1. The molecule has 1 aromatic carbocycles. The van der Waals surface area contributed by atoms with Crippen LogP contribution >= 0.6 is 15.9 Å². The fraction of sp³-hybridized carbons (Fsp3) is 0.385. The lowest BCUT2D eigenvalue weighted by molar-refractivity contribution is -0.147. The molecule has 1 aliphatic heterocycles. The summed E-state index contributed by atoms with van der Waals surface area (Å²) in [5.41, 5.74) is -0.846. The van der Waals surface area contributed by atoms with Crippen LogP contribution < -0.4 is 5.14 Å². The highest BCUT2D eigenvalue weighted by Crippen LogP contribution is 2.32. The Morgan fingerprint density at radius 2 is 2.05 bits per heavy atom. The van der Waals surface area contributed by atoms with Gasteiger partial charge in [-0.15, -0.1) is 0 Å². The molecule has 9 heteroatoms. The molecule has 1 aliphatic rings. The lowest BCUT2D eigenvalue weighted by atomic mass is 9.90. The maximum absolute atomic E-state index is 12.5. The summed E-state index contributed by atoms with van der Waals surface area (Å²) >= 11 is 3.20. The van der Waals surface area contributed by atoms with Gasteiger partial charge in [0, 0.05) is 17.6 Å². The number of carbonyl (C=O) groups is 2. The number of nitrogens with two attached hydrogens (primary N) is 1. The first-order valence-electron chi connectivity index (χ1n) is 6.40. The fourth-order valence-electron chi connectivity index (χ4n) is 2.32. The average Bonchev–Trinajstić information content (AvgIpc) is 2.81. The maximum atomic E-state index is 12.5. The first kappa shape index (κ1) is 16.9. The second kappa shape index (κ2) is 5.64. The third-order valence-corrected chi connectivity index (χ3v) is 5.38. The Kier molecular flexibility index (Phi) is 4.33. The Bertz CT molecular complexity index is 749. The van der Waals surface area contributed by atoms with Crippen molar-refractivity contribution in [3.8, 4) is 0 Å². The summed E-state index contributed by atoms with van der Waals surface area (Å²) in [6, 6.07) is 3.92. The molecule has 1 fully saturated rings. The fourth-order valence-corrected chi connectivity index (χ4v) is 3.28. The number of benzene rings is 1. The summed E-state index contributed by atoms with van der Waals surface area (Å²) < 4.78 is 23.2. The lowest BCUT2D eigenvalue weighted by Gasteiger charge is -2.20. The molecular formula is C13H15BrN2O5S. The normalized spacial score (nSPS) is 21.9. The molecule has 22 heavy (non-hydrogen) atoms. The van der Waals surface area contributed by atoms with Gasteiger partial charge in [-0.05, 0) is 47.5 Å². The molecule has 0 saturated carbocycles. The molecule has 2 rings (SSSR count). The van der Waals surface area contributed by atoms with E-state index in [1.165, 1.54) is 23.1 Å². The number of amides is 1. The summed E-state index contributed by atoms with van der Waals surface area (Å²) in [6.07, 6.45) is 0.348. The van der Waals surface area contributed by atoms with Crippen molar-refractivity contribution in [2.24, 2.45) is 10.6 Å². The number of nitrogens with zero attached hydrogens (tertiary/aromatic N) is 1. The summed E-state index contributed by atoms with van der Waals surface area (Å²) in [4.78, 5) is 25.0. The van der Waals surface area contributed by atoms with Crippen LogP contribution in [0.3, 0.4) is 0 Å². The maximum Gasteiger partial charge on any atom is 0.311 e. The quantitative estimate of drug-likeness (QED) is 0.798. The van der Waals surface area contributed by atoms with Crippen LogP contribution in [0.15, 0.2) is 27.6 Å². The molecule has 1 amide bonds. The SMILES string of the molecule is CC1(C(=O)O)CCN(C(=O)c2cc(S(N)(=O)=O)ccc2Br)C1. The van der Waals surface area contributed by atoms with Crippen LogP contribution in [0.1, 0.15) is 23.7 Å². The van der Waals surface area contributed by atoms with Crippen LogP contribution in [-0.2, 0) is 14.8 Å². The second-order valence-electron chi connectivity index (χ2n) is 5.53. The molecule has 1 heterocycles. The Balaban J connectivity index is 2.33. The van der Waals surface area contributed by atoms with E-state index >= 15 is 0 Å². The number of rotatable bonds is 3. The third-order valence-electron chi connectivity index (χ3n) is 3.77. The zero-order valence-electron chi connectivity index (χ0n) is 11.7. The Hall–Kier alpha value is -1.45. The molecule has 0 aliphatic carbocycles. The number of carbonyl (C=O) groups excluding carboxylic acids is 1. The van der Waals surface area contributed by atoms with Gasteiger partial charge in [-0.3, -0.25) is 9.59 Å². The van der Waals surface area contributed by atoms with Crippen molar-refractivity contribution < 1.29 is 23.1 Å². The predicted molar refractivity (Wildman–Crippen MR) is 81.8 cm³/mol. The minimum absolute atomic E-state index is 0.0766. The van der Waals surface area contributed by atoms with Crippen LogP contribution in [0.4, 0.5) is 0 Å². The standard InChI is InChI=1S/C13H15BrN2O5S/c1-13(12(18)19)4-5-16(7-13)11(17)9-6-8(22(15,20)21)2-3-10(9)14/h2-3,6H,4-5,7H2,1H3,(H,18,19)(H2,15,20,21). The number of hydrogen-bond donors (Lipinski definition) is 2. The largest absolute Gasteiger partial charge is 0.481 e. The average molecular weight is 391 g/mol. The van der Waals surface area contributed by atoms with Crippen molar-refractivity contribution in [2.75, 3.05) is 13.1 Å². The highest BCUT2D eigenvalue weighted by Gasteiger charge is 2.42. The summed E-state index contributed by atoms with van der Waals surface area (Å²) in [6.45, 7) is 1.96. The Morgan fingerprint density at radius 3 is 2.55 bits per heavy atom. The van der Waals surface area contributed by atoms with Crippen molar-refractivity contribution >= 4 is 37.8 Å². The minimum Gasteiger partial charge on any atom is -0.481 e. The summed E-state index contributed by atoms with van der Waals surface area (Å²) in [5, 5.41) is 14.3. The van der Waals surface area contributed by atoms with Crippen molar-refractivity contribution in [3.05, 3.63) is 28.2 Å². The van der Waals surface area contributed by atoms with E-state index < -0.39 is 27.3 Å². The minimum atomic E-state index is -3.92. The van der Waals surface area contributed by atoms with E-state index in [4.69, 9.17) is 5.14 Å². The van der Waals surface area contributed by atoms with E-state index in [0.717, 1.165) is 0 Å². The molecule has 1 atom stereocenters. The summed E-state index contributed by atoms with van der Waals surface area (Å²) in [7, 11) is -3.92. The van der Waals surface area contributed by atoms with Crippen LogP contribution in [0.25, 0.3) is 0 Å². The number of aliphatic carboxylic acids is 1. The van der Waals surface area contributed by atoms with Crippen molar-refractivity contribution in [2.45, 2.75) is 18.2 Å². The van der Waals surface area contributed by atoms with Crippen LogP contribution in [-0.4, -0.2) is 43.4 Å². The Morgan fingerprint density at radius 1 is 1.41 bits per heavy atom. The number of carboxylic acid groups (broad SMARTS) is 1. The number of hydrogen-bond acceptors (Lipinski definition) is 4. The van der Waals surface area contributed by atoms with Gasteiger partial charge >= 0.3 is 5.97 Å². The van der Waals surface area contributed by atoms with Crippen LogP contribution in [0, 0.1) is 5.41 Å². The van der Waals surface area contributed by atoms with Crippen LogP contribution in [0.5, 0.6) is 0 Å². The highest BCUT2D eigenvalue weighted by atomic mass is 79.9. The molecule has 7 nitrogen and oxygen atoms in total. The molecule has 3 N–H and O–H groups in total. The molecule has 120 valence electrons. The van der Waals surface area contributed by atoms with Gasteiger partial charge in [0.25, 0.3) is 5.91 Å². The molecule has 1 saturated heterocycles. The van der Waals surface area contributed by atoms with Gasteiger partial charge in [0.15, 0.2) is 0 Å². The highest BCUT2D eigenvalue weighted by molar-refractivity contribution is 9.10. The predicted octanol–water partition coefficient (Wildman–Crippen LogP) is 1.03. The number of likely N-dealkylation sites (tertiary alicyclic amines) is 1. The van der Waals surface area contributed by atoms with Crippen molar-refractivity contribution in [1.29, 1.82) is 0 Å². The molecular weight excluding hydrogens is 376 g/mol. The number of carboxylic acids is 1. The van der Waals surface area contributed by atoms with Gasteiger partial charge in [-0.1, -0.05) is 0 Å². The zero-order chi connectivity index (χ0) is 16.7. The van der Waals surface area contributed by atoms with Gasteiger partial charge < -0.3 is 10.0 Å². The van der Waals surface area contributed by atoms with E-state index in [-0.39, 0.29) is 17.0 Å². The molecule has 0 spiro atoms. The third kappa shape index (κ3) is 3.16. The van der Waals surface area contributed by atoms with Crippen molar-refractivity contribution in [1.82, 2.24) is 4.90 Å². The van der Waals surface area contributed by atoms with Gasteiger partial charge in [-0.2, -0.15) is 0 Å². The molecule has 1 unspecified atom stereocenters. The smallest absolute Gasteiger partial charge is 0.311 e. The van der Waals surface area contributed by atoms with E-state index in [1.807, 2.05) is 0 Å².